The molecule has 1 atom stereocenters. The van der Waals surface area contributed by atoms with Gasteiger partial charge < -0.3 is 10.4 Å². The van der Waals surface area contributed by atoms with Crippen molar-refractivity contribution < 1.29 is 5.11 Å². The van der Waals surface area contributed by atoms with E-state index in [0.717, 1.165) is 17.6 Å². The zero-order valence-electron chi connectivity index (χ0n) is 9.09. The molecule has 2 rings (SSSR count). The molecule has 0 aromatic carbocycles. The van der Waals surface area contributed by atoms with Crippen LogP contribution in [0.1, 0.15) is 13.3 Å². The highest BCUT2D eigenvalue weighted by molar-refractivity contribution is 5.85. The third-order valence-corrected chi connectivity index (χ3v) is 2.46. The Morgan fingerprint density at radius 3 is 3.00 bits per heavy atom. The van der Waals surface area contributed by atoms with Crippen molar-refractivity contribution in [2.45, 2.75) is 19.4 Å². The molecule has 0 spiro atoms. The maximum atomic E-state index is 9.14. The number of nitrogens with one attached hydrogen (secondary N) is 1. The first-order chi connectivity index (χ1) is 7.85. The number of hydrogen-bond donors (Lipinski definition) is 2. The Hall–Kier alpha value is -1.75. The number of rotatable bonds is 4. The fourth-order valence-corrected chi connectivity index (χ4v) is 1.48. The Bertz CT molecular complexity index is 465. The highest BCUT2D eigenvalue weighted by Crippen LogP contribution is 2.17. The molecule has 0 fully saturated rings. The van der Waals surface area contributed by atoms with Gasteiger partial charge in [0.25, 0.3) is 0 Å². The summed E-state index contributed by atoms with van der Waals surface area (Å²) in [7, 11) is 0. The van der Waals surface area contributed by atoms with Gasteiger partial charge in [-0.15, -0.1) is 0 Å². The highest BCUT2D eigenvalue weighted by Gasteiger charge is 2.08. The second-order valence-corrected chi connectivity index (χ2v) is 3.53. The van der Waals surface area contributed by atoms with E-state index in [1.165, 1.54) is 6.33 Å². The van der Waals surface area contributed by atoms with Crippen LogP contribution in [0, 0.1) is 0 Å². The molecule has 0 aliphatic carbocycles. The van der Waals surface area contributed by atoms with Crippen LogP contribution >= 0.6 is 0 Å². The second-order valence-electron chi connectivity index (χ2n) is 3.53. The van der Waals surface area contributed by atoms with Gasteiger partial charge >= 0.3 is 0 Å². The van der Waals surface area contributed by atoms with Crippen LogP contribution in [0.2, 0.25) is 0 Å². The van der Waals surface area contributed by atoms with Gasteiger partial charge in [-0.05, 0) is 18.6 Å². The average Bonchev–Trinajstić information content (AvgIpc) is 2.36. The Morgan fingerprint density at radius 1 is 1.38 bits per heavy atom. The van der Waals surface area contributed by atoms with Gasteiger partial charge in [0.2, 0.25) is 0 Å². The molecule has 0 bridgehead atoms. The standard InChI is InChI=1S/C11H14N4O/c1-2-8(6-16)15-11-9-4-3-5-12-10(9)13-7-14-11/h3-5,7-8,16H,2,6H2,1H3,(H,12,13,14,15). The molecule has 0 amide bonds. The van der Waals surface area contributed by atoms with Gasteiger partial charge in [0.15, 0.2) is 5.65 Å². The number of aromatic nitrogens is 3. The van der Waals surface area contributed by atoms with E-state index in [1.54, 1.807) is 6.20 Å². The molecule has 2 N–H and O–H groups in total. The molecular weight excluding hydrogens is 204 g/mol. The van der Waals surface area contributed by atoms with Crippen LogP contribution in [-0.2, 0) is 0 Å². The van der Waals surface area contributed by atoms with E-state index in [9.17, 15) is 0 Å². The summed E-state index contributed by atoms with van der Waals surface area (Å²) < 4.78 is 0. The van der Waals surface area contributed by atoms with E-state index in [1.807, 2.05) is 19.1 Å². The van der Waals surface area contributed by atoms with E-state index in [-0.39, 0.29) is 12.6 Å². The average molecular weight is 218 g/mol. The summed E-state index contributed by atoms with van der Waals surface area (Å²) in [4.78, 5) is 12.4. The van der Waals surface area contributed by atoms with E-state index in [2.05, 4.69) is 20.3 Å². The first kappa shape index (κ1) is 10.8. The number of anilines is 1. The number of nitrogens with zero attached hydrogens (tertiary/aromatic N) is 3. The molecule has 2 aromatic rings. The van der Waals surface area contributed by atoms with E-state index < -0.39 is 0 Å². The quantitative estimate of drug-likeness (QED) is 0.807. The predicted octanol–water partition coefficient (Wildman–Crippen LogP) is 1.21. The van der Waals surface area contributed by atoms with Crippen molar-refractivity contribution in [3.8, 4) is 0 Å². The first-order valence-corrected chi connectivity index (χ1v) is 5.28. The van der Waals surface area contributed by atoms with Gasteiger partial charge in [0, 0.05) is 6.20 Å². The molecule has 0 saturated carbocycles. The van der Waals surface area contributed by atoms with Crippen LogP contribution in [0.15, 0.2) is 24.7 Å². The zero-order valence-corrected chi connectivity index (χ0v) is 9.09. The Balaban J connectivity index is 2.36. The molecule has 0 aliphatic heterocycles. The summed E-state index contributed by atoms with van der Waals surface area (Å²) in [5.41, 5.74) is 0.660. The van der Waals surface area contributed by atoms with Crippen molar-refractivity contribution in [1.29, 1.82) is 0 Å². The second kappa shape index (κ2) is 4.85. The van der Waals surface area contributed by atoms with Crippen LogP contribution in [0.3, 0.4) is 0 Å². The van der Waals surface area contributed by atoms with Gasteiger partial charge in [0.1, 0.15) is 12.1 Å². The van der Waals surface area contributed by atoms with Crippen LogP contribution < -0.4 is 5.32 Å². The van der Waals surface area contributed by atoms with Crippen molar-refractivity contribution in [3.05, 3.63) is 24.7 Å². The van der Waals surface area contributed by atoms with Gasteiger partial charge in [-0.1, -0.05) is 6.92 Å². The number of pyridine rings is 1. The van der Waals surface area contributed by atoms with E-state index in [4.69, 9.17) is 5.11 Å². The summed E-state index contributed by atoms with van der Waals surface area (Å²) in [6, 6.07) is 3.77. The Morgan fingerprint density at radius 2 is 2.25 bits per heavy atom. The summed E-state index contributed by atoms with van der Waals surface area (Å²) in [5.74, 6) is 0.721. The molecule has 5 heteroatoms. The third-order valence-electron chi connectivity index (χ3n) is 2.46. The lowest BCUT2D eigenvalue weighted by atomic mass is 10.2. The molecule has 5 nitrogen and oxygen atoms in total. The SMILES string of the molecule is CCC(CO)Nc1ncnc2ncccc12. The molecule has 2 heterocycles. The summed E-state index contributed by atoms with van der Waals surface area (Å²) in [6.45, 7) is 2.10. The molecule has 0 aliphatic rings. The van der Waals surface area contributed by atoms with Crippen molar-refractivity contribution in [1.82, 2.24) is 15.0 Å². The predicted molar refractivity (Wildman–Crippen MR) is 62.1 cm³/mol. The van der Waals surface area contributed by atoms with Crippen LogP contribution in [0.4, 0.5) is 5.82 Å². The summed E-state index contributed by atoms with van der Waals surface area (Å²) >= 11 is 0. The molecule has 2 aromatic heterocycles. The maximum Gasteiger partial charge on any atom is 0.164 e. The van der Waals surface area contributed by atoms with E-state index in [0.29, 0.717) is 5.65 Å². The number of fused-ring (bicyclic) bond motifs is 1. The summed E-state index contributed by atoms with van der Waals surface area (Å²) in [5, 5.41) is 13.2. The van der Waals surface area contributed by atoms with Crippen molar-refractivity contribution in [2.24, 2.45) is 0 Å². The minimum absolute atomic E-state index is 0.0123. The minimum Gasteiger partial charge on any atom is -0.394 e. The fourth-order valence-electron chi connectivity index (χ4n) is 1.48. The maximum absolute atomic E-state index is 9.14. The third kappa shape index (κ3) is 2.09. The lowest BCUT2D eigenvalue weighted by Crippen LogP contribution is -2.23. The smallest absolute Gasteiger partial charge is 0.164 e. The minimum atomic E-state index is 0.0123. The largest absolute Gasteiger partial charge is 0.394 e. The van der Waals surface area contributed by atoms with Gasteiger partial charge in [-0.3, -0.25) is 0 Å². The number of aliphatic hydroxyl groups is 1. The molecular formula is C11H14N4O. The molecule has 1 unspecified atom stereocenters. The lowest BCUT2D eigenvalue weighted by Gasteiger charge is -2.15. The lowest BCUT2D eigenvalue weighted by molar-refractivity contribution is 0.271. The number of aliphatic hydroxyl groups excluding tert-OH is 1. The molecule has 84 valence electrons. The van der Waals surface area contributed by atoms with Gasteiger partial charge in [-0.2, -0.15) is 0 Å². The fraction of sp³-hybridized carbons (Fsp3) is 0.364. The molecule has 0 radical (unpaired) electrons. The van der Waals surface area contributed by atoms with Crippen molar-refractivity contribution in [3.63, 3.8) is 0 Å². The molecule has 16 heavy (non-hydrogen) atoms. The van der Waals surface area contributed by atoms with Gasteiger partial charge in [-0.25, -0.2) is 15.0 Å². The Kier molecular flexibility index (Phi) is 3.26. The van der Waals surface area contributed by atoms with E-state index >= 15 is 0 Å². The van der Waals surface area contributed by atoms with Crippen LogP contribution in [-0.4, -0.2) is 32.7 Å². The zero-order chi connectivity index (χ0) is 11.4. The monoisotopic (exact) mass is 218 g/mol. The van der Waals surface area contributed by atoms with Crippen LogP contribution in [0.5, 0.6) is 0 Å². The summed E-state index contributed by atoms with van der Waals surface area (Å²) in [6.07, 6.45) is 4.01. The first-order valence-electron chi connectivity index (χ1n) is 5.28. The van der Waals surface area contributed by atoms with Crippen LogP contribution in [0.25, 0.3) is 11.0 Å². The number of hydrogen-bond acceptors (Lipinski definition) is 5. The topological polar surface area (TPSA) is 70.9 Å². The van der Waals surface area contributed by atoms with Crippen molar-refractivity contribution >= 4 is 16.9 Å². The van der Waals surface area contributed by atoms with Crippen molar-refractivity contribution in [2.75, 3.05) is 11.9 Å². The normalized spacial score (nSPS) is 12.6. The highest BCUT2D eigenvalue weighted by atomic mass is 16.3. The van der Waals surface area contributed by atoms with Gasteiger partial charge in [0.05, 0.1) is 18.0 Å². The molecule has 0 saturated heterocycles. The Labute approximate surface area is 93.6 Å².